The maximum atomic E-state index is 10.8. The molecule has 0 unspecified atom stereocenters. The molecule has 0 aromatic carbocycles. The summed E-state index contributed by atoms with van der Waals surface area (Å²) in [6, 6.07) is 0. The Bertz CT molecular complexity index is 271. The zero-order valence-corrected chi connectivity index (χ0v) is 9.13. The Kier molecular flexibility index (Phi) is 5.47. The van der Waals surface area contributed by atoms with Crippen molar-refractivity contribution in [3.63, 3.8) is 0 Å². The van der Waals surface area contributed by atoms with E-state index >= 15 is 0 Å². The molecule has 84 valence electrons. The van der Waals surface area contributed by atoms with Gasteiger partial charge in [0.1, 0.15) is 0 Å². The number of carbonyl (C=O) groups is 1. The maximum absolute atomic E-state index is 10.8. The summed E-state index contributed by atoms with van der Waals surface area (Å²) in [5.41, 5.74) is 0. The van der Waals surface area contributed by atoms with Crippen LogP contribution < -0.4 is 9.86 Å². The number of ether oxygens (including phenoxy) is 1. The first-order chi connectivity index (χ1) is 6.39. The second-order valence-electron chi connectivity index (χ2n) is 2.93. The van der Waals surface area contributed by atoms with Gasteiger partial charge in [-0.25, -0.2) is 14.7 Å². The van der Waals surface area contributed by atoms with E-state index in [2.05, 4.69) is 9.88 Å². The molecule has 3 N–H and O–H groups in total. The molecule has 14 heavy (non-hydrogen) atoms. The van der Waals surface area contributed by atoms with Crippen molar-refractivity contribution < 1.29 is 17.9 Å². The molecule has 1 amide bonds. The number of nitrogens with two attached hydrogens (primary N) is 1. The minimum atomic E-state index is -4.01. The molecule has 0 aliphatic carbocycles. The Labute approximate surface area is 84.0 Å². The van der Waals surface area contributed by atoms with Crippen LogP contribution in [0.3, 0.4) is 0 Å². The Morgan fingerprint density at radius 3 is 2.29 bits per heavy atom. The van der Waals surface area contributed by atoms with Crippen molar-refractivity contribution in [3.05, 3.63) is 0 Å². The lowest BCUT2D eigenvalue weighted by molar-refractivity contribution is 0.130. The molecule has 0 aliphatic heterocycles. The van der Waals surface area contributed by atoms with Crippen LogP contribution in [0, 0.1) is 5.92 Å². The average Bonchev–Trinajstić information content (AvgIpc) is 2.03. The van der Waals surface area contributed by atoms with Crippen LogP contribution in [0.25, 0.3) is 0 Å². The first-order valence-corrected chi connectivity index (χ1v) is 5.91. The van der Waals surface area contributed by atoms with Crippen molar-refractivity contribution in [2.45, 2.75) is 26.7 Å². The van der Waals surface area contributed by atoms with Crippen LogP contribution in [0.1, 0.15) is 26.7 Å². The Morgan fingerprint density at radius 2 is 1.93 bits per heavy atom. The lowest BCUT2D eigenvalue weighted by Gasteiger charge is -2.12. The largest absolute Gasteiger partial charge is 0.449 e. The van der Waals surface area contributed by atoms with Crippen LogP contribution >= 0.6 is 0 Å². The van der Waals surface area contributed by atoms with Crippen LogP contribution in [0.5, 0.6) is 0 Å². The second kappa shape index (κ2) is 5.82. The van der Waals surface area contributed by atoms with E-state index in [4.69, 9.17) is 0 Å². The number of hydrogen-bond acceptors (Lipinski definition) is 4. The van der Waals surface area contributed by atoms with Gasteiger partial charge in [-0.15, -0.1) is 0 Å². The lowest BCUT2D eigenvalue weighted by Crippen LogP contribution is -2.37. The van der Waals surface area contributed by atoms with Gasteiger partial charge in [0.15, 0.2) is 0 Å². The summed E-state index contributed by atoms with van der Waals surface area (Å²) in [5, 5.41) is 4.57. The number of rotatable bonds is 5. The van der Waals surface area contributed by atoms with Gasteiger partial charge < -0.3 is 4.74 Å². The third-order valence-corrected chi connectivity index (χ3v) is 2.28. The van der Waals surface area contributed by atoms with Crippen LogP contribution in [0.4, 0.5) is 4.79 Å². The maximum Gasteiger partial charge on any atom is 0.421 e. The van der Waals surface area contributed by atoms with Crippen LogP contribution in [0.2, 0.25) is 0 Å². The van der Waals surface area contributed by atoms with Crippen LogP contribution in [-0.2, 0) is 14.9 Å². The van der Waals surface area contributed by atoms with Crippen molar-refractivity contribution in [2.24, 2.45) is 11.1 Å². The smallest absolute Gasteiger partial charge is 0.421 e. The minimum Gasteiger partial charge on any atom is -0.449 e. The Hall–Kier alpha value is -0.820. The quantitative estimate of drug-likeness (QED) is 0.704. The van der Waals surface area contributed by atoms with Gasteiger partial charge in [0, 0.05) is 0 Å². The first kappa shape index (κ1) is 13.2. The third kappa shape index (κ3) is 6.67. The zero-order valence-electron chi connectivity index (χ0n) is 8.32. The molecule has 0 aliphatic rings. The van der Waals surface area contributed by atoms with Gasteiger partial charge in [0.05, 0.1) is 6.61 Å². The predicted molar refractivity (Wildman–Crippen MR) is 51.7 cm³/mol. The molecule has 0 radical (unpaired) electrons. The molecular weight excluding hydrogens is 208 g/mol. The normalized spacial score (nSPS) is 11.4. The summed E-state index contributed by atoms with van der Waals surface area (Å²) in [7, 11) is -4.01. The molecule has 0 rings (SSSR count). The second-order valence-corrected chi connectivity index (χ2v) is 4.22. The van der Waals surface area contributed by atoms with E-state index < -0.39 is 16.3 Å². The predicted octanol–water partition coefficient (Wildman–Crippen LogP) is 0.352. The minimum absolute atomic E-state index is 0.203. The third-order valence-electron chi connectivity index (χ3n) is 1.83. The average molecular weight is 224 g/mol. The molecule has 0 aromatic heterocycles. The molecule has 0 bridgehead atoms. The number of amides is 1. The van der Waals surface area contributed by atoms with Gasteiger partial charge in [-0.05, 0) is 5.92 Å². The zero-order chi connectivity index (χ0) is 11.2. The topological polar surface area (TPSA) is 98.5 Å². The number of carbonyl (C=O) groups excluding carboxylic acids is 1. The molecule has 0 fully saturated rings. The van der Waals surface area contributed by atoms with E-state index in [0.29, 0.717) is 0 Å². The fourth-order valence-corrected chi connectivity index (χ4v) is 1.15. The Morgan fingerprint density at radius 1 is 1.43 bits per heavy atom. The molecule has 0 spiro atoms. The summed E-state index contributed by atoms with van der Waals surface area (Å²) in [6.07, 6.45) is 0.720. The van der Waals surface area contributed by atoms with E-state index in [1.165, 1.54) is 4.72 Å². The number of nitrogens with one attached hydrogen (secondary N) is 1. The van der Waals surface area contributed by atoms with Crippen molar-refractivity contribution >= 4 is 16.3 Å². The molecule has 0 saturated carbocycles. The van der Waals surface area contributed by atoms with Crippen LogP contribution in [-0.4, -0.2) is 21.1 Å². The first-order valence-electron chi connectivity index (χ1n) is 4.36. The van der Waals surface area contributed by atoms with Crippen molar-refractivity contribution in [2.75, 3.05) is 6.61 Å². The highest BCUT2D eigenvalue weighted by molar-refractivity contribution is 7.87. The molecule has 7 heteroatoms. The molecule has 0 aromatic rings. The van der Waals surface area contributed by atoms with Gasteiger partial charge in [0.25, 0.3) is 0 Å². The van der Waals surface area contributed by atoms with Gasteiger partial charge in [-0.1, -0.05) is 26.7 Å². The number of hydrogen-bond donors (Lipinski definition) is 2. The SMILES string of the molecule is CCC(CC)COC(=O)NS(N)(=O)=O. The van der Waals surface area contributed by atoms with Crippen molar-refractivity contribution in [3.8, 4) is 0 Å². The highest BCUT2D eigenvalue weighted by atomic mass is 32.2. The fourth-order valence-electron chi connectivity index (χ4n) is 0.864. The molecule has 0 heterocycles. The van der Waals surface area contributed by atoms with E-state index in [1.54, 1.807) is 0 Å². The lowest BCUT2D eigenvalue weighted by atomic mass is 10.1. The molecule has 0 saturated heterocycles. The van der Waals surface area contributed by atoms with Gasteiger partial charge in [-0.3, -0.25) is 0 Å². The van der Waals surface area contributed by atoms with Crippen molar-refractivity contribution in [1.82, 2.24) is 4.72 Å². The van der Waals surface area contributed by atoms with Crippen molar-refractivity contribution in [1.29, 1.82) is 0 Å². The van der Waals surface area contributed by atoms with Crippen LogP contribution in [0.15, 0.2) is 0 Å². The molecular formula is C7H16N2O4S. The summed E-state index contributed by atoms with van der Waals surface area (Å²) >= 11 is 0. The van der Waals surface area contributed by atoms with E-state index in [1.807, 2.05) is 13.8 Å². The summed E-state index contributed by atoms with van der Waals surface area (Å²) in [5.74, 6) is 0.251. The monoisotopic (exact) mass is 224 g/mol. The van der Waals surface area contributed by atoms with E-state index in [-0.39, 0.29) is 12.5 Å². The highest BCUT2D eigenvalue weighted by Gasteiger charge is 2.12. The summed E-state index contributed by atoms with van der Waals surface area (Å²) < 4.78 is 26.9. The van der Waals surface area contributed by atoms with Gasteiger partial charge >= 0.3 is 16.3 Å². The Balaban J connectivity index is 3.85. The van der Waals surface area contributed by atoms with Gasteiger partial charge in [0.2, 0.25) is 0 Å². The van der Waals surface area contributed by atoms with Gasteiger partial charge in [-0.2, -0.15) is 8.42 Å². The van der Waals surface area contributed by atoms with E-state index in [0.717, 1.165) is 12.8 Å². The summed E-state index contributed by atoms with van der Waals surface area (Å²) in [6.45, 7) is 4.14. The molecule has 6 nitrogen and oxygen atoms in total. The molecule has 0 atom stereocenters. The highest BCUT2D eigenvalue weighted by Crippen LogP contribution is 2.07. The van der Waals surface area contributed by atoms with E-state index in [9.17, 15) is 13.2 Å². The summed E-state index contributed by atoms with van der Waals surface area (Å²) in [4.78, 5) is 10.8. The fraction of sp³-hybridized carbons (Fsp3) is 0.857. The standard InChI is InChI=1S/C7H16N2O4S/c1-3-6(4-2)5-13-7(10)9-14(8,11)12/h6H,3-5H2,1-2H3,(H,9,10)(H2,8,11,12).